The van der Waals surface area contributed by atoms with E-state index < -0.39 is 6.36 Å². The van der Waals surface area contributed by atoms with Crippen molar-refractivity contribution in [2.45, 2.75) is 44.5 Å². The number of hydrogen-bond acceptors (Lipinski definition) is 2. The van der Waals surface area contributed by atoms with Crippen LogP contribution in [0.5, 0.6) is 5.75 Å². The molecule has 1 aromatic rings. The third kappa shape index (κ3) is 7.59. The Morgan fingerprint density at radius 1 is 1.21 bits per heavy atom. The molecule has 136 valence electrons. The van der Waals surface area contributed by atoms with E-state index in [0.29, 0.717) is 19.0 Å². The van der Waals surface area contributed by atoms with Gasteiger partial charge >= 0.3 is 6.36 Å². The monoisotopic (exact) mass is 457 g/mol. The number of guanidine groups is 1. The molecule has 0 unspecified atom stereocenters. The summed E-state index contributed by atoms with van der Waals surface area (Å²) in [4.78, 5) is 4.19. The van der Waals surface area contributed by atoms with E-state index in [9.17, 15) is 13.2 Å². The summed E-state index contributed by atoms with van der Waals surface area (Å²) in [7, 11) is 1.73. The van der Waals surface area contributed by atoms with Crippen LogP contribution in [0.3, 0.4) is 0 Å². The van der Waals surface area contributed by atoms with Gasteiger partial charge in [-0.3, -0.25) is 4.99 Å². The minimum atomic E-state index is -4.65. The fraction of sp³-hybridized carbons (Fsp3) is 0.562. The van der Waals surface area contributed by atoms with Crippen molar-refractivity contribution < 1.29 is 17.9 Å². The fourth-order valence-electron chi connectivity index (χ4n) is 2.64. The highest BCUT2D eigenvalue weighted by atomic mass is 127. The zero-order valence-corrected chi connectivity index (χ0v) is 15.9. The summed E-state index contributed by atoms with van der Waals surface area (Å²) < 4.78 is 40.1. The van der Waals surface area contributed by atoms with Crippen LogP contribution in [0.4, 0.5) is 13.2 Å². The number of nitrogens with zero attached hydrogens (tertiary/aromatic N) is 1. The molecular weight excluding hydrogens is 434 g/mol. The SMILES string of the molecule is CN=C(NCCc1ccc(OC(F)(F)F)cc1)NC1CCCC1.I. The smallest absolute Gasteiger partial charge is 0.406 e. The maximum absolute atomic E-state index is 12.1. The molecule has 2 N–H and O–H groups in total. The molecule has 0 bridgehead atoms. The number of rotatable bonds is 5. The highest BCUT2D eigenvalue weighted by Crippen LogP contribution is 2.22. The van der Waals surface area contributed by atoms with Gasteiger partial charge in [0.25, 0.3) is 0 Å². The van der Waals surface area contributed by atoms with Crippen LogP contribution < -0.4 is 15.4 Å². The van der Waals surface area contributed by atoms with E-state index in [1.807, 2.05) is 0 Å². The van der Waals surface area contributed by atoms with Crippen LogP contribution in [0.25, 0.3) is 0 Å². The van der Waals surface area contributed by atoms with Gasteiger partial charge in [0.2, 0.25) is 0 Å². The molecule has 0 spiro atoms. The third-order valence-corrected chi connectivity index (χ3v) is 3.78. The van der Waals surface area contributed by atoms with Gasteiger partial charge in [-0.15, -0.1) is 37.1 Å². The molecule has 2 rings (SSSR count). The van der Waals surface area contributed by atoms with Gasteiger partial charge in [-0.2, -0.15) is 0 Å². The van der Waals surface area contributed by atoms with E-state index in [1.165, 1.54) is 37.8 Å². The molecule has 1 aliphatic rings. The van der Waals surface area contributed by atoms with E-state index in [4.69, 9.17) is 0 Å². The number of aliphatic imine (C=N–C) groups is 1. The topological polar surface area (TPSA) is 45.7 Å². The van der Waals surface area contributed by atoms with Gasteiger partial charge in [0.1, 0.15) is 5.75 Å². The van der Waals surface area contributed by atoms with E-state index in [0.717, 1.165) is 11.5 Å². The van der Waals surface area contributed by atoms with E-state index in [1.54, 1.807) is 19.2 Å². The molecule has 1 saturated carbocycles. The van der Waals surface area contributed by atoms with Crippen molar-refractivity contribution in [1.82, 2.24) is 10.6 Å². The Morgan fingerprint density at radius 2 is 1.83 bits per heavy atom. The molecular formula is C16H23F3IN3O. The second-order valence-corrected chi connectivity index (χ2v) is 5.57. The van der Waals surface area contributed by atoms with Gasteiger partial charge in [0.05, 0.1) is 0 Å². The number of ether oxygens (including phenoxy) is 1. The molecule has 0 heterocycles. The van der Waals surface area contributed by atoms with Crippen molar-refractivity contribution in [1.29, 1.82) is 0 Å². The Kier molecular flexibility index (Phi) is 8.65. The number of nitrogens with one attached hydrogen (secondary N) is 2. The molecule has 1 fully saturated rings. The number of halogens is 4. The molecule has 0 aliphatic heterocycles. The molecule has 0 saturated heterocycles. The van der Waals surface area contributed by atoms with Crippen LogP contribution in [-0.4, -0.2) is 32.0 Å². The Labute approximate surface area is 157 Å². The molecule has 0 amide bonds. The lowest BCUT2D eigenvalue weighted by atomic mass is 10.1. The van der Waals surface area contributed by atoms with E-state index >= 15 is 0 Å². The Hall–Kier alpha value is -1.19. The second-order valence-electron chi connectivity index (χ2n) is 5.57. The van der Waals surface area contributed by atoms with Gasteiger partial charge in [-0.1, -0.05) is 25.0 Å². The summed E-state index contributed by atoms with van der Waals surface area (Å²) in [5.74, 6) is 0.571. The molecule has 0 aromatic heterocycles. The van der Waals surface area contributed by atoms with Crippen LogP contribution in [0.2, 0.25) is 0 Å². The standard InChI is InChI=1S/C16H22F3N3O.HI/c1-20-15(22-13-4-2-3-5-13)21-11-10-12-6-8-14(9-7-12)23-16(17,18)19;/h6-9,13H,2-5,10-11H2,1H3,(H2,20,21,22);1H. The van der Waals surface area contributed by atoms with Crippen molar-refractivity contribution in [3.8, 4) is 5.75 Å². The first kappa shape index (κ1) is 20.9. The zero-order chi connectivity index (χ0) is 16.7. The maximum atomic E-state index is 12.1. The van der Waals surface area contributed by atoms with Gasteiger partial charge in [0, 0.05) is 19.6 Å². The third-order valence-electron chi connectivity index (χ3n) is 3.78. The van der Waals surface area contributed by atoms with Crippen molar-refractivity contribution >= 4 is 29.9 Å². The number of alkyl halides is 3. The molecule has 4 nitrogen and oxygen atoms in total. The first-order valence-electron chi connectivity index (χ1n) is 7.78. The summed E-state index contributed by atoms with van der Waals surface area (Å²) in [6.45, 7) is 0.659. The van der Waals surface area contributed by atoms with Crippen LogP contribution in [0, 0.1) is 0 Å². The predicted molar refractivity (Wildman–Crippen MR) is 99.0 cm³/mol. The van der Waals surface area contributed by atoms with E-state index in [2.05, 4.69) is 20.4 Å². The molecule has 8 heteroatoms. The summed E-state index contributed by atoms with van der Waals surface area (Å²) in [5, 5.41) is 6.61. The van der Waals surface area contributed by atoms with Gasteiger partial charge in [-0.25, -0.2) is 0 Å². The molecule has 0 atom stereocenters. The summed E-state index contributed by atoms with van der Waals surface area (Å²) in [6.07, 6.45) is 0.879. The minimum absolute atomic E-state index is 0. The average Bonchev–Trinajstić information content (AvgIpc) is 2.99. The van der Waals surface area contributed by atoms with Crippen molar-refractivity contribution in [2.75, 3.05) is 13.6 Å². The van der Waals surface area contributed by atoms with Gasteiger partial charge < -0.3 is 15.4 Å². The van der Waals surface area contributed by atoms with Crippen LogP contribution in [0.1, 0.15) is 31.2 Å². The molecule has 24 heavy (non-hydrogen) atoms. The summed E-state index contributed by atoms with van der Waals surface area (Å²) in [6, 6.07) is 6.41. The quantitative estimate of drug-likeness (QED) is 0.401. The second kappa shape index (κ2) is 9.95. The first-order chi connectivity index (χ1) is 11.0. The summed E-state index contributed by atoms with van der Waals surface area (Å²) >= 11 is 0. The Bertz CT molecular complexity index is 514. The summed E-state index contributed by atoms with van der Waals surface area (Å²) in [5.41, 5.74) is 0.934. The lowest BCUT2D eigenvalue weighted by Gasteiger charge is -2.16. The van der Waals surface area contributed by atoms with Gasteiger partial charge in [0.15, 0.2) is 5.96 Å². The largest absolute Gasteiger partial charge is 0.573 e. The molecule has 1 aliphatic carbocycles. The highest BCUT2D eigenvalue weighted by Gasteiger charge is 2.30. The molecule has 1 aromatic carbocycles. The van der Waals surface area contributed by atoms with Crippen LogP contribution >= 0.6 is 24.0 Å². The zero-order valence-electron chi connectivity index (χ0n) is 13.5. The average molecular weight is 457 g/mol. The number of benzene rings is 1. The van der Waals surface area contributed by atoms with Crippen molar-refractivity contribution in [3.63, 3.8) is 0 Å². The Balaban J connectivity index is 0.00000288. The fourth-order valence-corrected chi connectivity index (χ4v) is 2.64. The predicted octanol–water partition coefficient (Wildman–Crippen LogP) is 3.85. The lowest BCUT2D eigenvalue weighted by Crippen LogP contribution is -2.42. The van der Waals surface area contributed by atoms with Crippen molar-refractivity contribution in [2.24, 2.45) is 4.99 Å². The normalized spacial score (nSPS) is 15.8. The maximum Gasteiger partial charge on any atom is 0.573 e. The number of hydrogen-bond donors (Lipinski definition) is 2. The minimum Gasteiger partial charge on any atom is -0.406 e. The lowest BCUT2D eigenvalue weighted by molar-refractivity contribution is -0.274. The van der Waals surface area contributed by atoms with Crippen LogP contribution in [0.15, 0.2) is 29.3 Å². The molecule has 0 radical (unpaired) electrons. The van der Waals surface area contributed by atoms with E-state index in [-0.39, 0.29) is 29.7 Å². The van der Waals surface area contributed by atoms with Crippen molar-refractivity contribution in [3.05, 3.63) is 29.8 Å². The highest BCUT2D eigenvalue weighted by molar-refractivity contribution is 14.0. The Morgan fingerprint density at radius 3 is 2.38 bits per heavy atom. The first-order valence-corrected chi connectivity index (χ1v) is 7.78. The van der Waals surface area contributed by atoms with Gasteiger partial charge in [-0.05, 0) is 37.0 Å². The van der Waals surface area contributed by atoms with Crippen LogP contribution in [-0.2, 0) is 6.42 Å².